The van der Waals surface area contributed by atoms with Crippen LogP contribution in [-0.2, 0) is 0 Å². The molecule has 0 unspecified atom stereocenters. The second kappa shape index (κ2) is 6.43. The lowest BCUT2D eigenvalue weighted by Crippen LogP contribution is -2.13. The Kier molecular flexibility index (Phi) is 4.86. The number of aromatic nitrogens is 1. The molecule has 20 heavy (non-hydrogen) atoms. The Balaban J connectivity index is 2.25. The van der Waals surface area contributed by atoms with Crippen LogP contribution in [0.5, 0.6) is 0 Å². The molecular weight excluding hydrogens is 365 g/mol. The van der Waals surface area contributed by atoms with E-state index in [1.165, 1.54) is 6.20 Å². The number of hydrogen-bond donors (Lipinski definition) is 2. The number of nitrogens with one attached hydrogen (secondary N) is 2. The second-order valence-corrected chi connectivity index (χ2v) is 5.55. The van der Waals surface area contributed by atoms with Gasteiger partial charge in [0.25, 0.3) is 5.91 Å². The molecule has 0 spiro atoms. The molecule has 0 aliphatic rings. The lowest BCUT2D eigenvalue weighted by molar-refractivity contribution is 0.102. The molecule has 0 radical (unpaired) electrons. The molecule has 104 valence electrons. The number of pyridine rings is 1. The SMILES string of the molecule is CNc1cc(C(=O)Nc2ccc(Br)c(Cl)c2)c(Cl)cn1. The number of halogens is 3. The molecule has 2 rings (SSSR count). The van der Waals surface area contributed by atoms with E-state index in [4.69, 9.17) is 23.2 Å². The standard InChI is InChI=1S/C13H10BrCl2N3O/c1-17-12-5-8(11(16)6-18-12)13(20)19-7-2-3-9(14)10(15)4-7/h2-6H,1H3,(H,17,18)(H,19,20). The molecule has 0 aliphatic heterocycles. The van der Waals surface area contributed by atoms with Crippen molar-refractivity contribution in [2.24, 2.45) is 0 Å². The predicted octanol–water partition coefficient (Wildman–Crippen LogP) is 4.44. The molecule has 0 saturated carbocycles. The van der Waals surface area contributed by atoms with E-state index < -0.39 is 0 Å². The van der Waals surface area contributed by atoms with Gasteiger partial charge in [-0.3, -0.25) is 4.79 Å². The Hall–Kier alpha value is -1.30. The zero-order valence-electron chi connectivity index (χ0n) is 10.4. The van der Waals surface area contributed by atoms with E-state index >= 15 is 0 Å². The number of amides is 1. The Bertz CT molecular complexity index is 664. The van der Waals surface area contributed by atoms with Crippen molar-refractivity contribution in [1.29, 1.82) is 0 Å². The summed E-state index contributed by atoms with van der Waals surface area (Å²) >= 11 is 15.3. The van der Waals surface area contributed by atoms with Gasteiger partial charge in [0.1, 0.15) is 5.82 Å². The molecule has 1 aromatic carbocycles. The van der Waals surface area contributed by atoms with Crippen molar-refractivity contribution in [3.8, 4) is 0 Å². The summed E-state index contributed by atoms with van der Waals surface area (Å²) in [7, 11) is 1.71. The van der Waals surface area contributed by atoms with Crippen molar-refractivity contribution in [2.45, 2.75) is 0 Å². The largest absolute Gasteiger partial charge is 0.373 e. The van der Waals surface area contributed by atoms with E-state index in [9.17, 15) is 4.79 Å². The summed E-state index contributed by atoms with van der Waals surface area (Å²) in [6.45, 7) is 0. The lowest BCUT2D eigenvalue weighted by Gasteiger charge is -2.09. The fourth-order valence-electron chi connectivity index (χ4n) is 1.52. The molecule has 1 amide bonds. The Morgan fingerprint density at radius 2 is 2.00 bits per heavy atom. The van der Waals surface area contributed by atoms with Gasteiger partial charge in [0.05, 0.1) is 15.6 Å². The van der Waals surface area contributed by atoms with Crippen LogP contribution in [0.2, 0.25) is 10.0 Å². The lowest BCUT2D eigenvalue weighted by atomic mass is 10.2. The van der Waals surface area contributed by atoms with E-state index in [1.807, 2.05) is 0 Å². The molecule has 4 nitrogen and oxygen atoms in total. The number of carbonyl (C=O) groups is 1. The molecule has 0 atom stereocenters. The molecule has 0 fully saturated rings. The van der Waals surface area contributed by atoms with E-state index in [0.717, 1.165) is 4.47 Å². The summed E-state index contributed by atoms with van der Waals surface area (Å²) in [5.74, 6) is 0.237. The fraction of sp³-hybridized carbons (Fsp3) is 0.0769. The third-order valence-corrected chi connectivity index (χ3v) is 4.07. The van der Waals surface area contributed by atoms with Crippen LogP contribution in [0.15, 0.2) is 34.9 Å². The highest BCUT2D eigenvalue weighted by Crippen LogP contribution is 2.26. The first-order valence-corrected chi connectivity index (χ1v) is 7.16. The van der Waals surface area contributed by atoms with E-state index in [-0.39, 0.29) is 10.9 Å². The summed E-state index contributed by atoms with van der Waals surface area (Å²) in [5.41, 5.74) is 0.923. The smallest absolute Gasteiger partial charge is 0.257 e. The van der Waals surface area contributed by atoms with Gasteiger partial charge in [0, 0.05) is 23.4 Å². The minimum atomic E-state index is -0.327. The number of benzene rings is 1. The first-order valence-electron chi connectivity index (χ1n) is 5.61. The zero-order chi connectivity index (χ0) is 14.7. The van der Waals surface area contributed by atoms with E-state index in [2.05, 4.69) is 31.5 Å². The van der Waals surface area contributed by atoms with Gasteiger partial charge in [0.15, 0.2) is 0 Å². The van der Waals surface area contributed by atoms with Crippen LogP contribution in [0.25, 0.3) is 0 Å². The van der Waals surface area contributed by atoms with E-state index in [0.29, 0.717) is 22.1 Å². The van der Waals surface area contributed by atoms with Gasteiger partial charge in [0.2, 0.25) is 0 Å². The van der Waals surface area contributed by atoms with Crippen LogP contribution in [0.3, 0.4) is 0 Å². The topological polar surface area (TPSA) is 54.0 Å². The first kappa shape index (κ1) is 15.1. The number of anilines is 2. The van der Waals surface area contributed by atoms with Gasteiger partial charge in [-0.1, -0.05) is 23.2 Å². The molecule has 1 aromatic heterocycles. The van der Waals surface area contributed by atoms with Crippen molar-refractivity contribution >= 4 is 56.5 Å². The van der Waals surface area contributed by atoms with Crippen molar-refractivity contribution in [1.82, 2.24) is 4.98 Å². The quantitative estimate of drug-likeness (QED) is 0.834. The molecule has 1 heterocycles. The Labute approximate surface area is 134 Å². The van der Waals surface area contributed by atoms with Gasteiger partial charge in [-0.05, 0) is 40.2 Å². The Morgan fingerprint density at radius 3 is 2.65 bits per heavy atom. The number of nitrogens with zero attached hydrogens (tertiary/aromatic N) is 1. The molecule has 0 aliphatic carbocycles. The number of hydrogen-bond acceptors (Lipinski definition) is 3. The van der Waals surface area contributed by atoms with E-state index in [1.54, 1.807) is 31.3 Å². The molecule has 2 N–H and O–H groups in total. The summed E-state index contributed by atoms with van der Waals surface area (Å²) < 4.78 is 0.761. The average Bonchev–Trinajstić information content (AvgIpc) is 2.43. The van der Waals surface area contributed by atoms with Crippen LogP contribution < -0.4 is 10.6 Å². The summed E-state index contributed by atoms with van der Waals surface area (Å²) in [4.78, 5) is 16.2. The highest BCUT2D eigenvalue weighted by molar-refractivity contribution is 9.10. The van der Waals surface area contributed by atoms with Gasteiger partial charge >= 0.3 is 0 Å². The molecule has 7 heteroatoms. The summed E-state index contributed by atoms with van der Waals surface area (Å²) in [6.07, 6.45) is 1.43. The highest BCUT2D eigenvalue weighted by Gasteiger charge is 2.12. The first-order chi connectivity index (χ1) is 9.51. The maximum Gasteiger partial charge on any atom is 0.257 e. The number of rotatable bonds is 3. The maximum atomic E-state index is 12.2. The molecular formula is C13H10BrCl2N3O. The third-order valence-electron chi connectivity index (χ3n) is 2.53. The molecule has 0 saturated heterocycles. The van der Waals surface area contributed by atoms with Crippen LogP contribution >= 0.6 is 39.1 Å². The highest BCUT2D eigenvalue weighted by atomic mass is 79.9. The van der Waals surface area contributed by atoms with Crippen LogP contribution in [0, 0.1) is 0 Å². The monoisotopic (exact) mass is 373 g/mol. The Morgan fingerprint density at radius 1 is 1.25 bits per heavy atom. The minimum Gasteiger partial charge on any atom is -0.373 e. The van der Waals surface area contributed by atoms with Crippen molar-refractivity contribution < 1.29 is 4.79 Å². The minimum absolute atomic E-state index is 0.282. The molecule has 0 bridgehead atoms. The second-order valence-electron chi connectivity index (χ2n) is 3.88. The van der Waals surface area contributed by atoms with Crippen LogP contribution in [0.1, 0.15) is 10.4 Å². The van der Waals surface area contributed by atoms with Gasteiger partial charge in [-0.15, -0.1) is 0 Å². The van der Waals surface area contributed by atoms with Crippen molar-refractivity contribution in [3.05, 3.63) is 50.5 Å². The normalized spacial score (nSPS) is 10.2. The van der Waals surface area contributed by atoms with Crippen molar-refractivity contribution in [2.75, 3.05) is 17.7 Å². The van der Waals surface area contributed by atoms with Crippen LogP contribution in [-0.4, -0.2) is 17.9 Å². The maximum absolute atomic E-state index is 12.2. The average molecular weight is 375 g/mol. The number of carbonyl (C=O) groups excluding carboxylic acids is 1. The molecule has 2 aromatic rings. The summed E-state index contributed by atoms with van der Waals surface area (Å²) in [6, 6.07) is 6.73. The van der Waals surface area contributed by atoms with Gasteiger partial charge < -0.3 is 10.6 Å². The van der Waals surface area contributed by atoms with Gasteiger partial charge in [-0.25, -0.2) is 4.98 Å². The zero-order valence-corrected chi connectivity index (χ0v) is 13.5. The third kappa shape index (κ3) is 3.42. The fourth-order valence-corrected chi connectivity index (χ4v) is 2.14. The van der Waals surface area contributed by atoms with Crippen LogP contribution in [0.4, 0.5) is 11.5 Å². The predicted molar refractivity (Wildman–Crippen MR) is 85.9 cm³/mol. The van der Waals surface area contributed by atoms with Crippen molar-refractivity contribution in [3.63, 3.8) is 0 Å². The summed E-state index contributed by atoms with van der Waals surface area (Å²) in [5, 5.41) is 6.38. The van der Waals surface area contributed by atoms with Gasteiger partial charge in [-0.2, -0.15) is 0 Å².